The van der Waals surface area contributed by atoms with Gasteiger partial charge in [-0.25, -0.2) is 0 Å². The van der Waals surface area contributed by atoms with Gasteiger partial charge in [-0.15, -0.1) is 0 Å². The third-order valence-corrected chi connectivity index (χ3v) is 2.05. The molecule has 0 aliphatic carbocycles. The van der Waals surface area contributed by atoms with Crippen molar-refractivity contribution in [3.05, 3.63) is 18.0 Å². The molecule has 5 nitrogen and oxygen atoms in total. The molecule has 0 aliphatic rings. The molecule has 78 valence electrons. The molecule has 0 aliphatic heterocycles. The minimum absolute atomic E-state index is 0.150. The van der Waals surface area contributed by atoms with Gasteiger partial charge in [0, 0.05) is 12.6 Å². The van der Waals surface area contributed by atoms with E-state index in [1.165, 1.54) is 12.3 Å². The molecule has 0 saturated heterocycles. The van der Waals surface area contributed by atoms with Crippen molar-refractivity contribution in [2.45, 2.75) is 25.9 Å². The number of hydrogen-bond donors (Lipinski definition) is 2. The molecule has 1 unspecified atom stereocenters. The van der Waals surface area contributed by atoms with Crippen LogP contribution < -0.4 is 5.32 Å². The molecule has 1 heterocycles. The van der Waals surface area contributed by atoms with Gasteiger partial charge in [-0.3, -0.25) is 4.79 Å². The summed E-state index contributed by atoms with van der Waals surface area (Å²) in [5.74, 6) is -0.215. The van der Waals surface area contributed by atoms with Crippen LogP contribution in [0.2, 0.25) is 0 Å². The summed E-state index contributed by atoms with van der Waals surface area (Å²) in [7, 11) is 0. The van der Waals surface area contributed by atoms with E-state index in [9.17, 15) is 9.90 Å². The van der Waals surface area contributed by atoms with Gasteiger partial charge < -0.3 is 14.9 Å². The summed E-state index contributed by atoms with van der Waals surface area (Å²) in [6, 6.07) is 1.47. The first kappa shape index (κ1) is 10.7. The fourth-order valence-electron chi connectivity index (χ4n) is 0.816. The van der Waals surface area contributed by atoms with Gasteiger partial charge in [0.2, 0.25) is 5.76 Å². The maximum Gasteiger partial charge on any atom is 0.289 e. The first-order chi connectivity index (χ1) is 6.55. The number of aromatic nitrogens is 1. The molecule has 2 N–H and O–H groups in total. The van der Waals surface area contributed by atoms with Crippen molar-refractivity contribution in [2.24, 2.45) is 0 Å². The maximum atomic E-state index is 11.3. The topological polar surface area (TPSA) is 75.4 Å². The number of aliphatic hydroxyl groups is 1. The van der Waals surface area contributed by atoms with Gasteiger partial charge in [0.05, 0.1) is 11.8 Å². The Morgan fingerprint density at radius 3 is 3.00 bits per heavy atom. The van der Waals surface area contributed by atoms with Crippen molar-refractivity contribution in [1.29, 1.82) is 0 Å². The van der Waals surface area contributed by atoms with Gasteiger partial charge in [0.15, 0.2) is 0 Å². The fraction of sp³-hybridized carbons (Fsp3) is 0.556. The average molecular weight is 198 g/mol. The zero-order valence-corrected chi connectivity index (χ0v) is 8.28. The Labute approximate surface area is 82.1 Å². The number of nitrogens with zero attached hydrogens (tertiary/aromatic N) is 1. The molecule has 0 saturated carbocycles. The molecule has 14 heavy (non-hydrogen) atoms. The third kappa shape index (κ3) is 2.85. The molecule has 1 atom stereocenters. The van der Waals surface area contributed by atoms with Crippen molar-refractivity contribution in [3.8, 4) is 0 Å². The lowest BCUT2D eigenvalue weighted by Gasteiger charge is -2.20. The van der Waals surface area contributed by atoms with Crippen LogP contribution in [0, 0.1) is 0 Å². The standard InChI is InChI=1S/C9H14N2O3/c1-3-9(2,13)6-10-8(12)7-4-5-11-14-7/h4-5,13H,3,6H2,1-2H3,(H,10,12). The first-order valence-corrected chi connectivity index (χ1v) is 4.46. The Hall–Kier alpha value is -1.36. The highest BCUT2D eigenvalue weighted by atomic mass is 16.5. The Bertz CT molecular complexity index is 293. The first-order valence-electron chi connectivity index (χ1n) is 4.46. The van der Waals surface area contributed by atoms with Crippen molar-refractivity contribution in [1.82, 2.24) is 10.5 Å². The highest BCUT2D eigenvalue weighted by Gasteiger charge is 2.19. The Balaban J connectivity index is 2.43. The molecule has 0 spiro atoms. The predicted molar refractivity (Wildman–Crippen MR) is 49.8 cm³/mol. The largest absolute Gasteiger partial charge is 0.388 e. The molecule has 0 fully saturated rings. The lowest BCUT2D eigenvalue weighted by molar-refractivity contribution is 0.0509. The van der Waals surface area contributed by atoms with Crippen LogP contribution in [0.3, 0.4) is 0 Å². The average Bonchev–Trinajstić information content (AvgIpc) is 2.67. The summed E-state index contributed by atoms with van der Waals surface area (Å²) in [5, 5.41) is 15.6. The van der Waals surface area contributed by atoms with E-state index in [1.807, 2.05) is 6.92 Å². The van der Waals surface area contributed by atoms with Gasteiger partial charge in [-0.05, 0) is 13.3 Å². The second-order valence-corrected chi connectivity index (χ2v) is 3.41. The number of carbonyl (C=O) groups excluding carboxylic acids is 1. The summed E-state index contributed by atoms with van der Waals surface area (Å²) in [4.78, 5) is 11.3. The smallest absolute Gasteiger partial charge is 0.289 e. The van der Waals surface area contributed by atoms with Crippen molar-refractivity contribution in [3.63, 3.8) is 0 Å². The summed E-state index contributed by atoms with van der Waals surface area (Å²) < 4.78 is 4.65. The molecule has 1 aromatic rings. The fourth-order valence-corrected chi connectivity index (χ4v) is 0.816. The van der Waals surface area contributed by atoms with E-state index >= 15 is 0 Å². The van der Waals surface area contributed by atoms with Crippen LogP contribution in [0.1, 0.15) is 30.8 Å². The number of nitrogens with one attached hydrogen (secondary N) is 1. The summed E-state index contributed by atoms with van der Waals surface area (Å²) >= 11 is 0. The molecular formula is C9H14N2O3. The van der Waals surface area contributed by atoms with E-state index in [4.69, 9.17) is 0 Å². The second-order valence-electron chi connectivity index (χ2n) is 3.41. The molecule has 1 aromatic heterocycles. The van der Waals surface area contributed by atoms with Crippen LogP contribution in [0.4, 0.5) is 0 Å². The van der Waals surface area contributed by atoms with Crippen LogP contribution in [-0.2, 0) is 0 Å². The minimum Gasteiger partial charge on any atom is -0.388 e. The van der Waals surface area contributed by atoms with Crippen LogP contribution in [0.15, 0.2) is 16.8 Å². The third-order valence-electron chi connectivity index (χ3n) is 2.05. The second kappa shape index (κ2) is 4.23. The Kier molecular flexibility index (Phi) is 3.24. The molecular weight excluding hydrogens is 184 g/mol. The number of amides is 1. The van der Waals surface area contributed by atoms with Gasteiger partial charge in [-0.1, -0.05) is 12.1 Å². The highest BCUT2D eigenvalue weighted by molar-refractivity contribution is 5.91. The monoisotopic (exact) mass is 198 g/mol. The molecule has 0 bridgehead atoms. The van der Waals surface area contributed by atoms with Crippen molar-refractivity contribution < 1.29 is 14.4 Å². The zero-order valence-electron chi connectivity index (χ0n) is 8.28. The van der Waals surface area contributed by atoms with E-state index < -0.39 is 5.60 Å². The molecule has 0 aromatic carbocycles. The van der Waals surface area contributed by atoms with Gasteiger partial charge in [0.1, 0.15) is 0 Å². The van der Waals surface area contributed by atoms with E-state index in [-0.39, 0.29) is 18.2 Å². The normalized spacial score (nSPS) is 14.8. The van der Waals surface area contributed by atoms with E-state index in [0.717, 1.165) is 0 Å². The predicted octanol–water partition coefficient (Wildman–Crippen LogP) is 0.565. The molecule has 1 amide bonds. The lowest BCUT2D eigenvalue weighted by atomic mass is 10.0. The SMILES string of the molecule is CCC(C)(O)CNC(=O)c1ccno1. The summed E-state index contributed by atoms with van der Waals surface area (Å²) in [5.41, 5.74) is -0.879. The maximum absolute atomic E-state index is 11.3. The minimum atomic E-state index is -0.879. The summed E-state index contributed by atoms with van der Waals surface area (Å²) in [6.07, 6.45) is 1.97. The van der Waals surface area contributed by atoms with Crippen molar-refractivity contribution >= 4 is 5.91 Å². The number of rotatable bonds is 4. The number of hydrogen-bond acceptors (Lipinski definition) is 4. The van der Waals surface area contributed by atoms with Crippen LogP contribution in [0.5, 0.6) is 0 Å². The quantitative estimate of drug-likeness (QED) is 0.741. The molecule has 0 radical (unpaired) electrons. The van der Waals surface area contributed by atoms with Gasteiger partial charge >= 0.3 is 0 Å². The van der Waals surface area contributed by atoms with Crippen molar-refractivity contribution in [2.75, 3.05) is 6.54 Å². The van der Waals surface area contributed by atoms with Crippen LogP contribution in [-0.4, -0.2) is 28.3 Å². The molecule has 1 rings (SSSR count). The Morgan fingerprint density at radius 2 is 2.50 bits per heavy atom. The van der Waals surface area contributed by atoms with Crippen LogP contribution >= 0.6 is 0 Å². The summed E-state index contributed by atoms with van der Waals surface area (Å²) in [6.45, 7) is 3.71. The van der Waals surface area contributed by atoms with E-state index in [0.29, 0.717) is 6.42 Å². The zero-order chi connectivity index (χ0) is 10.6. The van der Waals surface area contributed by atoms with E-state index in [2.05, 4.69) is 15.0 Å². The van der Waals surface area contributed by atoms with E-state index in [1.54, 1.807) is 6.92 Å². The highest BCUT2D eigenvalue weighted by Crippen LogP contribution is 2.06. The lowest BCUT2D eigenvalue weighted by Crippen LogP contribution is -2.39. The van der Waals surface area contributed by atoms with Gasteiger partial charge in [0.25, 0.3) is 5.91 Å². The van der Waals surface area contributed by atoms with Gasteiger partial charge in [-0.2, -0.15) is 0 Å². The van der Waals surface area contributed by atoms with Crippen LogP contribution in [0.25, 0.3) is 0 Å². The number of carbonyl (C=O) groups is 1. The Morgan fingerprint density at radius 1 is 1.79 bits per heavy atom. The molecule has 5 heteroatoms.